The molecular weight excluding hydrogens is 410 g/mol. The minimum absolute atomic E-state index is 0.156. The van der Waals surface area contributed by atoms with Gasteiger partial charge in [-0.05, 0) is 82.9 Å². The number of nitriles is 1. The van der Waals surface area contributed by atoms with Crippen molar-refractivity contribution in [2.24, 2.45) is 5.41 Å². The van der Waals surface area contributed by atoms with Crippen molar-refractivity contribution in [3.8, 4) is 17.6 Å². The molecular formula is C25H33NO6. The van der Waals surface area contributed by atoms with Gasteiger partial charge in [-0.3, -0.25) is 9.59 Å². The summed E-state index contributed by atoms with van der Waals surface area (Å²) in [5, 5.41) is 10.2. The first-order valence-corrected chi connectivity index (χ1v) is 11.6. The molecule has 174 valence electrons. The zero-order valence-electron chi connectivity index (χ0n) is 19.3. The fourth-order valence-corrected chi connectivity index (χ4v) is 4.85. The molecule has 7 nitrogen and oxygen atoms in total. The van der Waals surface area contributed by atoms with Crippen molar-refractivity contribution in [1.82, 2.24) is 0 Å². The average molecular weight is 444 g/mol. The average Bonchev–Trinajstić information content (AvgIpc) is 3.32. The standard InChI is InChI=1S/C25H33NO6/c1-4-30-22(27)25(23(28)31-5-2)14-12-24(17-26,13-15-25)18-10-11-20(29-3)21(16-18)32-19-8-6-7-9-19/h10-11,16,19H,4-9,12-15H2,1-3H3. The third kappa shape index (κ3) is 4.55. The maximum Gasteiger partial charge on any atom is 0.323 e. The smallest absolute Gasteiger partial charge is 0.323 e. The molecule has 0 radical (unpaired) electrons. The van der Waals surface area contributed by atoms with Gasteiger partial charge in [-0.1, -0.05) is 6.07 Å². The summed E-state index contributed by atoms with van der Waals surface area (Å²) in [5.41, 5.74) is -1.37. The molecule has 0 aromatic heterocycles. The number of methoxy groups -OCH3 is 1. The van der Waals surface area contributed by atoms with Crippen LogP contribution in [0, 0.1) is 16.7 Å². The second-order valence-corrected chi connectivity index (χ2v) is 8.61. The first-order valence-electron chi connectivity index (χ1n) is 11.6. The number of esters is 2. The SMILES string of the molecule is CCOC(=O)C1(C(=O)OCC)CCC(C#N)(c2ccc(OC)c(OC3CCCC3)c2)CC1. The van der Waals surface area contributed by atoms with Crippen LogP contribution in [0.3, 0.4) is 0 Å². The molecule has 1 aromatic carbocycles. The topological polar surface area (TPSA) is 94.9 Å². The molecule has 0 N–H and O–H groups in total. The molecule has 1 aromatic rings. The maximum atomic E-state index is 12.8. The lowest BCUT2D eigenvalue weighted by atomic mass is 9.61. The molecule has 2 aliphatic carbocycles. The Balaban J connectivity index is 1.88. The van der Waals surface area contributed by atoms with E-state index in [2.05, 4.69) is 6.07 Å². The van der Waals surface area contributed by atoms with E-state index in [1.54, 1.807) is 21.0 Å². The number of carbonyl (C=O) groups excluding carboxylic acids is 2. The quantitative estimate of drug-likeness (QED) is 0.432. The van der Waals surface area contributed by atoms with Crippen LogP contribution in [0.1, 0.15) is 70.8 Å². The number of nitrogens with zero attached hydrogens (tertiary/aromatic N) is 1. The minimum Gasteiger partial charge on any atom is -0.493 e. The third-order valence-electron chi connectivity index (χ3n) is 6.82. The van der Waals surface area contributed by atoms with Gasteiger partial charge in [0.2, 0.25) is 0 Å². The zero-order valence-corrected chi connectivity index (χ0v) is 19.3. The summed E-state index contributed by atoms with van der Waals surface area (Å²) in [5.74, 6) is 0.144. The molecule has 0 heterocycles. The Labute approximate surface area is 190 Å². The van der Waals surface area contributed by atoms with E-state index < -0.39 is 22.8 Å². The molecule has 2 fully saturated rings. The Hall–Kier alpha value is -2.75. The lowest BCUT2D eigenvalue weighted by Gasteiger charge is -2.40. The highest BCUT2D eigenvalue weighted by Crippen LogP contribution is 2.49. The lowest BCUT2D eigenvalue weighted by Crippen LogP contribution is -2.48. The van der Waals surface area contributed by atoms with Crippen LogP contribution in [0.15, 0.2) is 18.2 Å². The normalized spacial score (nSPS) is 19.6. The highest BCUT2D eigenvalue weighted by atomic mass is 16.6. The van der Waals surface area contributed by atoms with Crippen LogP contribution in [0.25, 0.3) is 0 Å². The maximum absolute atomic E-state index is 12.8. The monoisotopic (exact) mass is 443 g/mol. The Kier molecular flexibility index (Phi) is 7.65. The first kappa shape index (κ1) is 23.9. The van der Waals surface area contributed by atoms with Gasteiger partial charge >= 0.3 is 11.9 Å². The van der Waals surface area contributed by atoms with Gasteiger partial charge in [0.05, 0.1) is 37.9 Å². The van der Waals surface area contributed by atoms with Gasteiger partial charge in [-0.25, -0.2) is 0 Å². The predicted octanol–water partition coefficient (Wildman–Crippen LogP) is 4.46. The molecule has 2 saturated carbocycles. The Morgan fingerprint density at radius 2 is 1.59 bits per heavy atom. The number of benzene rings is 1. The molecule has 0 bridgehead atoms. The third-order valence-corrected chi connectivity index (χ3v) is 6.82. The fourth-order valence-electron chi connectivity index (χ4n) is 4.85. The number of hydrogen-bond acceptors (Lipinski definition) is 7. The van der Waals surface area contributed by atoms with Crippen molar-refractivity contribution in [2.45, 2.75) is 76.7 Å². The first-order chi connectivity index (χ1) is 15.4. The second-order valence-electron chi connectivity index (χ2n) is 8.61. The number of hydrogen-bond donors (Lipinski definition) is 0. The highest BCUT2D eigenvalue weighted by Gasteiger charge is 2.55. The van der Waals surface area contributed by atoms with E-state index in [4.69, 9.17) is 18.9 Å². The fraction of sp³-hybridized carbons (Fsp3) is 0.640. The summed E-state index contributed by atoms with van der Waals surface area (Å²) < 4.78 is 22.1. The molecule has 32 heavy (non-hydrogen) atoms. The van der Waals surface area contributed by atoms with Crippen LogP contribution >= 0.6 is 0 Å². The van der Waals surface area contributed by atoms with E-state index in [0.29, 0.717) is 24.3 Å². The molecule has 2 aliphatic rings. The summed E-state index contributed by atoms with van der Waals surface area (Å²) in [6.45, 7) is 3.79. The van der Waals surface area contributed by atoms with Crippen molar-refractivity contribution in [3.05, 3.63) is 23.8 Å². The summed E-state index contributed by atoms with van der Waals surface area (Å²) in [6.07, 6.45) is 5.57. The predicted molar refractivity (Wildman–Crippen MR) is 117 cm³/mol. The van der Waals surface area contributed by atoms with Gasteiger partial charge in [0, 0.05) is 0 Å². The van der Waals surface area contributed by atoms with Crippen LogP contribution in [0.2, 0.25) is 0 Å². The van der Waals surface area contributed by atoms with E-state index in [1.165, 1.54) is 0 Å². The summed E-state index contributed by atoms with van der Waals surface area (Å²) in [7, 11) is 1.60. The molecule has 0 atom stereocenters. The Bertz CT molecular complexity index is 840. The van der Waals surface area contributed by atoms with Crippen LogP contribution < -0.4 is 9.47 Å². The number of ether oxygens (including phenoxy) is 4. The van der Waals surface area contributed by atoms with E-state index >= 15 is 0 Å². The van der Waals surface area contributed by atoms with Crippen LogP contribution in [-0.2, 0) is 24.5 Å². The van der Waals surface area contributed by atoms with Crippen molar-refractivity contribution in [1.29, 1.82) is 5.26 Å². The van der Waals surface area contributed by atoms with Crippen molar-refractivity contribution in [3.63, 3.8) is 0 Å². The largest absolute Gasteiger partial charge is 0.493 e. The summed E-state index contributed by atoms with van der Waals surface area (Å²) in [6, 6.07) is 8.07. The van der Waals surface area contributed by atoms with Gasteiger partial charge < -0.3 is 18.9 Å². The van der Waals surface area contributed by atoms with Crippen molar-refractivity contribution < 1.29 is 28.5 Å². The van der Waals surface area contributed by atoms with Gasteiger partial charge in [-0.15, -0.1) is 0 Å². The summed E-state index contributed by atoms with van der Waals surface area (Å²) in [4.78, 5) is 25.5. The van der Waals surface area contributed by atoms with Gasteiger partial charge in [-0.2, -0.15) is 5.26 Å². The molecule has 0 aliphatic heterocycles. The van der Waals surface area contributed by atoms with E-state index in [-0.39, 0.29) is 32.2 Å². The molecule has 0 unspecified atom stereocenters. The summed E-state index contributed by atoms with van der Waals surface area (Å²) >= 11 is 0. The lowest BCUT2D eigenvalue weighted by molar-refractivity contribution is -0.175. The molecule has 3 rings (SSSR count). The van der Waals surface area contributed by atoms with Crippen molar-refractivity contribution >= 4 is 11.9 Å². The van der Waals surface area contributed by atoms with Gasteiger partial charge in [0.15, 0.2) is 16.9 Å². The van der Waals surface area contributed by atoms with Gasteiger partial charge in [0.1, 0.15) is 0 Å². The number of carbonyl (C=O) groups is 2. The van der Waals surface area contributed by atoms with Crippen LogP contribution in [-0.4, -0.2) is 38.4 Å². The van der Waals surface area contributed by atoms with Crippen LogP contribution in [0.5, 0.6) is 11.5 Å². The second kappa shape index (κ2) is 10.2. The molecule has 0 saturated heterocycles. The Morgan fingerprint density at radius 3 is 2.09 bits per heavy atom. The van der Waals surface area contributed by atoms with E-state index in [1.807, 2.05) is 18.2 Å². The highest BCUT2D eigenvalue weighted by molar-refractivity contribution is 6.00. The van der Waals surface area contributed by atoms with E-state index in [9.17, 15) is 14.9 Å². The molecule has 0 spiro atoms. The zero-order chi connectivity index (χ0) is 23.2. The Morgan fingerprint density at radius 1 is 1.00 bits per heavy atom. The van der Waals surface area contributed by atoms with Crippen molar-refractivity contribution in [2.75, 3.05) is 20.3 Å². The van der Waals surface area contributed by atoms with Crippen LogP contribution in [0.4, 0.5) is 0 Å². The minimum atomic E-state index is -1.36. The van der Waals surface area contributed by atoms with Gasteiger partial charge in [0.25, 0.3) is 0 Å². The molecule has 7 heteroatoms. The number of rotatable bonds is 8. The molecule has 0 amide bonds. The van der Waals surface area contributed by atoms with E-state index in [0.717, 1.165) is 31.2 Å².